The SMILES string of the molecule is C=C/C(F)=C(C)\C(=C/CF)C1CCc2c(F)c(=O)nc(Nc3cc(OC)c(F)cc3C)n21. The molecule has 0 amide bonds. The quantitative estimate of drug-likeness (QED) is 0.455. The fraction of sp³-hybridized carbons (Fsp3) is 0.304. The maximum absolute atomic E-state index is 14.6. The number of aryl methyl sites for hydroxylation is 1. The van der Waals surface area contributed by atoms with E-state index in [2.05, 4.69) is 16.9 Å². The molecule has 1 atom stereocenters. The number of benzene rings is 1. The van der Waals surface area contributed by atoms with Crippen LogP contribution in [0.4, 0.5) is 29.2 Å². The van der Waals surface area contributed by atoms with Crippen LogP contribution in [0.15, 0.2) is 52.6 Å². The summed E-state index contributed by atoms with van der Waals surface area (Å²) in [6.07, 6.45) is 2.69. The van der Waals surface area contributed by atoms with E-state index in [1.54, 1.807) is 6.92 Å². The highest BCUT2D eigenvalue weighted by atomic mass is 19.1. The van der Waals surface area contributed by atoms with Crippen molar-refractivity contribution in [2.75, 3.05) is 19.1 Å². The molecule has 0 spiro atoms. The molecule has 9 heteroatoms. The minimum atomic E-state index is -1.06. The maximum Gasteiger partial charge on any atom is 0.310 e. The van der Waals surface area contributed by atoms with Crippen LogP contribution in [0.5, 0.6) is 5.75 Å². The fourth-order valence-corrected chi connectivity index (χ4v) is 3.88. The number of nitrogens with zero attached hydrogens (tertiary/aromatic N) is 2. The normalized spacial score (nSPS) is 16.5. The standard InChI is InChI=1S/C23H23F4N3O2/c1-5-15(25)13(3)14(8-9-24)18-6-7-19-21(27)22(31)29-23(30(18)19)28-17-11-20(32-4)16(26)10-12(17)2/h5,8,10-11,18H,1,6-7,9H2,2-4H3,(H,28,29,31)/b14-8+,15-13+. The van der Waals surface area contributed by atoms with Crippen LogP contribution >= 0.6 is 0 Å². The molecule has 1 aromatic heterocycles. The van der Waals surface area contributed by atoms with Crippen LogP contribution in [-0.4, -0.2) is 23.3 Å². The molecular formula is C23H23F4N3O2. The van der Waals surface area contributed by atoms with Gasteiger partial charge in [0.25, 0.3) is 0 Å². The van der Waals surface area contributed by atoms with E-state index in [1.165, 1.54) is 36.8 Å². The van der Waals surface area contributed by atoms with Gasteiger partial charge in [-0.1, -0.05) is 6.58 Å². The summed E-state index contributed by atoms with van der Waals surface area (Å²) < 4.78 is 62.6. The van der Waals surface area contributed by atoms with Crippen LogP contribution in [0.3, 0.4) is 0 Å². The van der Waals surface area contributed by atoms with Gasteiger partial charge in [-0.05, 0) is 61.6 Å². The van der Waals surface area contributed by atoms with Crippen molar-refractivity contribution in [2.45, 2.75) is 32.7 Å². The lowest BCUT2D eigenvalue weighted by atomic mass is 9.96. The molecule has 1 aliphatic heterocycles. The molecule has 170 valence electrons. The number of methoxy groups -OCH3 is 1. The van der Waals surface area contributed by atoms with Gasteiger partial charge in [0.1, 0.15) is 12.5 Å². The lowest BCUT2D eigenvalue weighted by Crippen LogP contribution is -2.24. The van der Waals surface area contributed by atoms with Gasteiger partial charge in [0.15, 0.2) is 11.6 Å². The summed E-state index contributed by atoms with van der Waals surface area (Å²) in [4.78, 5) is 16.0. The monoisotopic (exact) mass is 449 g/mol. The van der Waals surface area contributed by atoms with Crippen LogP contribution in [-0.2, 0) is 6.42 Å². The van der Waals surface area contributed by atoms with Crippen LogP contribution in [0.25, 0.3) is 0 Å². The Morgan fingerprint density at radius 2 is 2.12 bits per heavy atom. The lowest BCUT2D eigenvalue weighted by Gasteiger charge is -2.24. The smallest absolute Gasteiger partial charge is 0.310 e. The van der Waals surface area contributed by atoms with Crippen LogP contribution in [0.2, 0.25) is 0 Å². The summed E-state index contributed by atoms with van der Waals surface area (Å²) in [7, 11) is 1.31. The molecule has 32 heavy (non-hydrogen) atoms. The molecule has 3 rings (SSSR count). The van der Waals surface area contributed by atoms with Crippen molar-refractivity contribution < 1.29 is 22.3 Å². The van der Waals surface area contributed by atoms with Crippen molar-refractivity contribution in [3.63, 3.8) is 0 Å². The third-order valence-electron chi connectivity index (χ3n) is 5.51. The predicted octanol–water partition coefficient (Wildman–Crippen LogP) is 5.39. The number of ether oxygens (including phenoxy) is 1. The van der Waals surface area contributed by atoms with Gasteiger partial charge in [0.2, 0.25) is 11.8 Å². The number of aromatic nitrogens is 2. The van der Waals surface area contributed by atoms with E-state index < -0.39 is 35.7 Å². The molecule has 1 aromatic carbocycles. The topological polar surface area (TPSA) is 56.1 Å². The third kappa shape index (κ3) is 4.19. The second kappa shape index (κ2) is 9.42. The first-order valence-electron chi connectivity index (χ1n) is 9.90. The zero-order valence-corrected chi connectivity index (χ0v) is 17.9. The molecule has 2 aromatic rings. The molecule has 1 N–H and O–H groups in total. The van der Waals surface area contributed by atoms with Gasteiger partial charge < -0.3 is 14.6 Å². The molecule has 0 radical (unpaired) electrons. The number of allylic oxidation sites excluding steroid dienone is 5. The van der Waals surface area contributed by atoms with Crippen LogP contribution < -0.4 is 15.6 Å². The van der Waals surface area contributed by atoms with Gasteiger partial charge in [-0.3, -0.25) is 4.79 Å². The van der Waals surface area contributed by atoms with Gasteiger partial charge in [-0.15, -0.1) is 0 Å². The molecule has 0 saturated heterocycles. The first-order valence-corrected chi connectivity index (χ1v) is 9.90. The number of hydrogen-bond donors (Lipinski definition) is 1. The zero-order chi connectivity index (χ0) is 23.6. The highest BCUT2D eigenvalue weighted by Gasteiger charge is 2.32. The van der Waals surface area contributed by atoms with E-state index in [0.717, 1.165) is 6.08 Å². The number of anilines is 2. The van der Waals surface area contributed by atoms with Crippen LogP contribution in [0, 0.1) is 18.6 Å². The van der Waals surface area contributed by atoms with Crippen molar-refractivity contribution in [1.82, 2.24) is 9.55 Å². The number of hydrogen-bond acceptors (Lipinski definition) is 4. The summed E-state index contributed by atoms with van der Waals surface area (Å²) in [6, 6.07) is 1.95. The van der Waals surface area contributed by atoms with E-state index in [4.69, 9.17) is 4.74 Å². The van der Waals surface area contributed by atoms with E-state index in [0.29, 0.717) is 23.2 Å². The Labute approximate surface area is 182 Å². The average molecular weight is 449 g/mol. The Balaban J connectivity index is 2.19. The number of nitrogens with one attached hydrogen (secondary N) is 1. The summed E-state index contributed by atoms with van der Waals surface area (Å²) in [5, 5.41) is 2.94. The summed E-state index contributed by atoms with van der Waals surface area (Å²) >= 11 is 0. The van der Waals surface area contributed by atoms with Crippen molar-refractivity contribution >= 4 is 11.6 Å². The number of halogens is 4. The Bertz CT molecular complexity index is 1180. The van der Waals surface area contributed by atoms with Gasteiger partial charge in [0.05, 0.1) is 18.8 Å². The van der Waals surface area contributed by atoms with Gasteiger partial charge >= 0.3 is 5.56 Å². The second-order valence-electron chi connectivity index (χ2n) is 7.34. The molecular weight excluding hydrogens is 426 g/mol. The zero-order valence-electron chi connectivity index (χ0n) is 17.9. The Hall–Kier alpha value is -3.36. The highest BCUT2D eigenvalue weighted by molar-refractivity contribution is 5.62. The Morgan fingerprint density at radius 1 is 1.41 bits per heavy atom. The average Bonchev–Trinajstić information content (AvgIpc) is 3.21. The largest absolute Gasteiger partial charge is 0.494 e. The minimum absolute atomic E-state index is 0.0257. The highest BCUT2D eigenvalue weighted by Crippen LogP contribution is 2.39. The number of alkyl halides is 1. The minimum Gasteiger partial charge on any atom is -0.494 e. The molecule has 0 aliphatic carbocycles. The van der Waals surface area contributed by atoms with Gasteiger partial charge in [0, 0.05) is 11.8 Å². The molecule has 0 bridgehead atoms. The van der Waals surface area contributed by atoms with Crippen molar-refractivity contribution in [2.24, 2.45) is 0 Å². The third-order valence-corrected chi connectivity index (χ3v) is 5.51. The summed E-state index contributed by atoms with van der Waals surface area (Å²) in [5.74, 6) is -2.29. The molecule has 0 saturated carbocycles. The van der Waals surface area contributed by atoms with Crippen LogP contribution in [0.1, 0.15) is 30.6 Å². The second-order valence-corrected chi connectivity index (χ2v) is 7.34. The first-order chi connectivity index (χ1) is 15.2. The van der Waals surface area contributed by atoms with Gasteiger partial charge in [-0.25, -0.2) is 13.2 Å². The van der Waals surface area contributed by atoms with E-state index in [-0.39, 0.29) is 29.4 Å². The fourth-order valence-electron chi connectivity index (χ4n) is 3.88. The molecule has 0 fully saturated rings. The van der Waals surface area contributed by atoms with E-state index in [1.807, 2.05) is 0 Å². The van der Waals surface area contributed by atoms with Crippen molar-refractivity contribution in [3.8, 4) is 5.75 Å². The number of fused-ring (bicyclic) bond motifs is 1. The summed E-state index contributed by atoms with van der Waals surface area (Å²) in [6.45, 7) is 5.64. The lowest BCUT2D eigenvalue weighted by molar-refractivity contribution is 0.386. The molecule has 1 unspecified atom stereocenters. The Kier molecular flexibility index (Phi) is 6.86. The molecule has 1 aliphatic rings. The predicted molar refractivity (Wildman–Crippen MR) is 115 cm³/mol. The van der Waals surface area contributed by atoms with E-state index in [9.17, 15) is 22.4 Å². The molecule has 5 nitrogen and oxygen atoms in total. The van der Waals surface area contributed by atoms with E-state index >= 15 is 0 Å². The van der Waals surface area contributed by atoms with Gasteiger partial charge in [-0.2, -0.15) is 9.37 Å². The summed E-state index contributed by atoms with van der Waals surface area (Å²) in [5.41, 5.74) is 0.319. The van der Waals surface area contributed by atoms with Crippen molar-refractivity contribution in [3.05, 3.63) is 81.1 Å². The first kappa shape index (κ1) is 23.3. The maximum atomic E-state index is 14.6. The molecule has 2 heterocycles. The number of rotatable bonds is 7. The van der Waals surface area contributed by atoms with Crippen molar-refractivity contribution in [1.29, 1.82) is 0 Å². The Morgan fingerprint density at radius 3 is 2.75 bits per heavy atom.